The molecule has 2 unspecified atom stereocenters. The van der Waals surface area contributed by atoms with Gasteiger partial charge in [-0.1, -0.05) is 194 Å². The van der Waals surface area contributed by atoms with Gasteiger partial charge in [-0.15, -0.1) is 0 Å². The lowest BCUT2D eigenvalue weighted by atomic mass is 10.0. The SMILES string of the molecule is CCCCCCCCCCCCCCCCCC(=O)OCC(CCC(=O)C(CCC(C)=O)NC(=O)OC(C)(C)C)OC(=O)CCCCCCCCCCCCCCCCC. The van der Waals surface area contributed by atoms with Crippen molar-refractivity contribution in [3.8, 4) is 0 Å². The Labute approximate surface area is 369 Å². The maximum Gasteiger partial charge on any atom is 0.408 e. The fraction of sp³-hybridized carbons (Fsp3) is 0.902. The number of alkyl carbamates (subject to hydrolysis) is 1. The van der Waals surface area contributed by atoms with Gasteiger partial charge >= 0.3 is 18.0 Å². The van der Waals surface area contributed by atoms with Crippen LogP contribution in [0.2, 0.25) is 0 Å². The predicted molar refractivity (Wildman–Crippen MR) is 247 cm³/mol. The normalized spacial score (nSPS) is 12.5. The number of hydrogen-bond donors (Lipinski definition) is 1. The van der Waals surface area contributed by atoms with Crippen molar-refractivity contribution in [2.24, 2.45) is 0 Å². The average molecular weight is 850 g/mol. The van der Waals surface area contributed by atoms with E-state index < -0.39 is 23.8 Å². The van der Waals surface area contributed by atoms with Gasteiger partial charge in [0.15, 0.2) is 5.78 Å². The van der Waals surface area contributed by atoms with E-state index in [9.17, 15) is 24.0 Å². The van der Waals surface area contributed by atoms with Crippen molar-refractivity contribution < 1.29 is 38.2 Å². The molecule has 0 saturated carbocycles. The molecule has 1 N–H and O–H groups in total. The van der Waals surface area contributed by atoms with Crippen molar-refractivity contribution in [3.63, 3.8) is 0 Å². The highest BCUT2D eigenvalue weighted by Gasteiger charge is 2.26. The standard InChI is InChI=1S/C51H95NO8/c1-7-9-11-13-15-17-19-21-23-25-27-29-31-33-35-37-48(55)58-43-45(40-42-47(54)46(41-39-44(3)53)52-50(57)60-51(4,5)6)59-49(56)38-36-34-32-30-28-26-24-22-20-18-16-14-12-10-8-2/h45-46H,7-43H2,1-6H3,(H,52,57). The van der Waals surface area contributed by atoms with Gasteiger partial charge in [0.05, 0.1) is 6.04 Å². The number of esters is 2. The van der Waals surface area contributed by atoms with E-state index in [1.165, 1.54) is 161 Å². The molecule has 0 aliphatic rings. The molecule has 9 heteroatoms. The van der Waals surface area contributed by atoms with Crippen LogP contribution < -0.4 is 5.32 Å². The molecule has 0 fully saturated rings. The molecule has 0 spiro atoms. The third-order valence-corrected chi connectivity index (χ3v) is 11.3. The minimum atomic E-state index is -0.923. The predicted octanol–water partition coefficient (Wildman–Crippen LogP) is 14.6. The Kier molecular flexibility index (Phi) is 39.0. The molecular formula is C51H95NO8. The first kappa shape index (κ1) is 57.5. The van der Waals surface area contributed by atoms with Crippen LogP contribution in [-0.4, -0.2) is 54.0 Å². The Bertz CT molecular complexity index is 1070. The Hall–Kier alpha value is -2.45. The quantitative estimate of drug-likeness (QED) is 0.0365. The van der Waals surface area contributed by atoms with Gasteiger partial charge in [0.25, 0.3) is 0 Å². The van der Waals surface area contributed by atoms with Gasteiger partial charge in [-0.2, -0.15) is 0 Å². The zero-order valence-electron chi connectivity index (χ0n) is 40.1. The molecule has 0 aliphatic heterocycles. The zero-order chi connectivity index (χ0) is 44.5. The Morgan fingerprint density at radius 2 is 0.833 bits per heavy atom. The summed E-state index contributed by atoms with van der Waals surface area (Å²) in [6, 6.07) is -0.923. The highest BCUT2D eigenvalue weighted by Crippen LogP contribution is 2.18. The number of unbranched alkanes of at least 4 members (excludes halogenated alkanes) is 28. The molecule has 9 nitrogen and oxygen atoms in total. The maximum atomic E-state index is 13.4. The van der Waals surface area contributed by atoms with E-state index in [-0.39, 0.29) is 62.2 Å². The number of ketones is 2. The number of nitrogens with one attached hydrogen (secondary N) is 1. The second-order valence-electron chi connectivity index (χ2n) is 18.6. The van der Waals surface area contributed by atoms with E-state index in [0.29, 0.717) is 6.42 Å². The van der Waals surface area contributed by atoms with Crippen LogP contribution in [0.3, 0.4) is 0 Å². The number of Topliss-reactive ketones (excluding diaryl/α,β-unsaturated/α-hetero) is 2. The molecule has 0 aromatic heterocycles. The molecule has 60 heavy (non-hydrogen) atoms. The molecule has 1 amide bonds. The van der Waals surface area contributed by atoms with Crippen LogP contribution in [-0.2, 0) is 33.4 Å². The van der Waals surface area contributed by atoms with E-state index in [1.54, 1.807) is 20.8 Å². The van der Waals surface area contributed by atoms with Crippen LogP contribution in [0, 0.1) is 0 Å². The molecular weight excluding hydrogens is 755 g/mol. The highest BCUT2D eigenvalue weighted by atomic mass is 16.6. The lowest BCUT2D eigenvalue weighted by Gasteiger charge is -2.23. The second-order valence-corrected chi connectivity index (χ2v) is 18.6. The van der Waals surface area contributed by atoms with Crippen molar-refractivity contribution in [1.82, 2.24) is 5.32 Å². The molecule has 0 heterocycles. The molecule has 0 aliphatic carbocycles. The van der Waals surface area contributed by atoms with Crippen molar-refractivity contribution in [3.05, 3.63) is 0 Å². The topological polar surface area (TPSA) is 125 Å². The Morgan fingerprint density at radius 3 is 1.20 bits per heavy atom. The second kappa shape index (κ2) is 40.6. The third kappa shape index (κ3) is 40.9. The number of rotatable bonds is 43. The van der Waals surface area contributed by atoms with Crippen molar-refractivity contribution >= 4 is 29.6 Å². The average Bonchev–Trinajstić information content (AvgIpc) is 3.19. The van der Waals surface area contributed by atoms with Gasteiger partial charge in [0.2, 0.25) is 0 Å². The van der Waals surface area contributed by atoms with E-state index >= 15 is 0 Å². The monoisotopic (exact) mass is 850 g/mol. The highest BCUT2D eigenvalue weighted by molar-refractivity contribution is 5.88. The molecule has 2 atom stereocenters. The summed E-state index contributed by atoms with van der Waals surface area (Å²) in [5.74, 6) is -1.08. The van der Waals surface area contributed by atoms with Gasteiger partial charge in [-0.25, -0.2) is 4.79 Å². The summed E-state index contributed by atoms with van der Waals surface area (Å²) < 4.78 is 16.7. The molecule has 0 radical (unpaired) electrons. The van der Waals surface area contributed by atoms with Crippen LogP contribution in [0.15, 0.2) is 0 Å². The summed E-state index contributed by atoms with van der Waals surface area (Å²) in [6.07, 6.45) is 36.9. The minimum absolute atomic E-state index is 0.0220. The lowest BCUT2D eigenvalue weighted by molar-refractivity contribution is -0.160. The molecule has 0 bridgehead atoms. The van der Waals surface area contributed by atoms with E-state index in [1.807, 2.05) is 0 Å². The van der Waals surface area contributed by atoms with Gasteiger partial charge in [0.1, 0.15) is 24.1 Å². The van der Waals surface area contributed by atoms with Crippen LogP contribution in [0.5, 0.6) is 0 Å². The Morgan fingerprint density at radius 1 is 0.467 bits per heavy atom. The molecule has 0 aromatic carbocycles. The fourth-order valence-electron chi connectivity index (χ4n) is 7.55. The number of carbonyl (C=O) groups excluding carboxylic acids is 5. The third-order valence-electron chi connectivity index (χ3n) is 11.3. The molecule has 0 aromatic rings. The largest absolute Gasteiger partial charge is 0.462 e. The summed E-state index contributed by atoms with van der Waals surface area (Å²) in [5, 5.41) is 2.62. The first-order chi connectivity index (χ1) is 28.9. The minimum Gasteiger partial charge on any atom is -0.462 e. The number of amides is 1. The van der Waals surface area contributed by atoms with E-state index in [0.717, 1.165) is 38.5 Å². The van der Waals surface area contributed by atoms with E-state index in [4.69, 9.17) is 14.2 Å². The number of carbonyl (C=O) groups is 5. The fourth-order valence-corrected chi connectivity index (χ4v) is 7.55. The van der Waals surface area contributed by atoms with Crippen LogP contribution in [0.1, 0.15) is 273 Å². The lowest BCUT2D eigenvalue weighted by Crippen LogP contribution is -2.44. The summed E-state index contributed by atoms with van der Waals surface area (Å²) in [4.78, 5) is 63.2. The van der Waals surface area contributed by atoms with Crippen LogP contribution >= 0.6 is 0 Å². The summed E-state index contributed by atoms with van der Waals surface area (Å²) in [5.41, 5.74) is -0.749. The first-order valence-electron chi connectivity index (χ1n) is 25.2. The van der Waals surface area contributed by atoms with Crippen LogP contribution in [0.25, 0.3) is 0 Å². The van der Waals surface area contributed by atoms with Gasteiger partial charge in [-0.05, 0) is 53.4 Å². The molecule has 352 valence electrons. The number of ether oxygens (including phenoxy) is 3. The molecule has 0 saturated heterocycles. The number of hydrogen-bond acceptors (Lipinski definition) is 8. The summed E-state index contributed by atoms with van der Waals surface area (Å²) in [7, 11) is 0. The van der Waals surface area contributed by atoms with Crippen molar-refractivity contribution in [2.75, 3.05) is 6.61 Å². The molecule has 0 rings (SSSR count). The van der Waals surface area contributed by atoms with Gasteiger partial charge in [0, 0.05) is 25.7 Å². The van der Waals surface area contributed by atoms with Crippen molar-refractivity contribution in [2.45, 2.75) is 290 Å². The van der Waals surface area contributed by atoms with Gasteiger partial charge in [-0.3, -0.25) is 14.4 Å². The maximum absolute atomic E-state index is 13.4. The van der Waals surface area contributed by atoms with E-state index in [2.05, 4.69) is 19.2 Å². The Balaban J connectivity index is 4.73. The van der Waals surface area contributed by atoms with Crippen LogP contribution in [0.4, 0.5) is 4.79 Å². The van der Waals surface area contributed by atoms with Gasteiger partial charge < -0.3 is 24.3 Å². The first-order valence-corrected chi connectivity index (χ1v) is 25.2. The smallest absolute Gasteiger partial charge is 0.408 e. The zero-order valence-corrected chi connectivity index (χ0v) is 40.1. The summed E-state index contributed by atoms with van der Waals surface area (Å²) in [6.45, 7) is 11.0. The summed E-state index contributed by atoms with van der Waals surface area (Å²) >= 11 is 0. The van der Waals surface area contributed by atoms with Crippen molar-refractivity contribution in [1.29, 1.82) is 0 Å².